The minimum Gasteiger partial charge on any atom is -0.481 e. The summed E-state index contributed by atoms with van der Waals surface area (Å²) >= 11 is 5.80. The standard InChI is InChI=1S/C11H14ClNO3/c1-8(11(14)13(2)15-3)16-10-6-4-5-9(12)7-10/h4-8H,1-3H3. The Bertz CT molecular complexity index is 370. The van der Waals surface area contributed by atoms with Gasteiger partial charge in [0, 0.05) is 12.1 Å². The number of carbonyl (C=O) groups excluding carboxylic acids is 1. The van der Waals surface area contributed by atoms with E-state index in [0.29, 0.717) is 10.8 Å². The van der Waals surface area contributed by atoms with E-state index in [-0.39, 0.29) is 5.91 Å². The zero-order valence-electron chi connectivity index (χ0n) is 9.44. The molecule has 1 amide bonds. The van der Waals surface area contributed by atoms with Crippen LogP contribution in [0, 0.1) is 0 Å². The maximum Gasteiger partial charge on any atom is 0.286 e. The van der Waals surface area contributed by atoms with Crippen molar-refractivity contribution in [3.8, 4) is 5.75 Å². The Kier molecular flexibility index (Phi) is 4.58. The largest absolute Gasteiger partial charge is 0.481 e. The van der Waals surface area contributed by atoms with Gasteiger partial charge in [-0.15, -0.1) is 0 Å². The van der Waals surface area contributed by atoms with E-state index < -0.39 is 6.10 Å². The van der Waals surface area contributed by atoms with E-state index in [0.717, 1.165) is 5.06 Å². The van der Waals surface area contributed by atoms with Gasteiger partial charge in [0.05, 0.1) is 7.11 Å². The van der Waals surface area contributed by atoms with Gasteiger partial charge in [-0.2, -0.15) is 0 Å². The molecule has 0 saturated carbocycles. The number of halogens is 1. The molecule has 0 N–H and O–H groups in total. The Morgan fingerprint density at radius 1 is 1.50 bits per heavy atom. The maximum absolute atomic E-state index is 11.6. The van der Waals surface area contributed by atoms with Crippen LogP contribution < -0.4 is 4.74 Å². The first-order chi connectivity index (χ1) is 7.54. The summed E-state index contributed by atoms with van der Waals surface area (Å²) in [5.74, 6) is 0.292. The predicted molar refractivity (Wildman–Crippen MR) is 61.3 cm³/mol. The van der Waals surface area contributed by atoms with Crippen molar-refractivity contribution < 1.29 is 14.4 Å². The van der Waals surface area contributed by atoms with Gasteiger partial charge < -0.3 is 4.74 Å². The van der Waals surface area contributed by atoms with E-state index >= 15 is 0 Å². The number of hydrogen-bond acceptors (Lipinski definition) is 3. The second-order valence-corrected chi connectivity index (χ2v) is 3.67. The van der Waals surface area contributed by atoms with Crippen molar-refractivity contribution in [3.63, 3.8) is 0 Å². The van der Waals surface area contributed by atoms with Gasteiger partial charge in [-0.3, -0.25) is 9.63 Å². The molecule has 1 atom stereocenters. The predicted octanol–water partition coefficient (Wildman–Crippen LogP) is 2.13. The highest BCUT2D eigenvalue weighted by Gasteiger charge is 2.19. The van der Waals surface area contributed by atoms with Gasteiger partial charge in [0.1, 0.15) is 5.75 Å². The van der Waals surface area contributed by atoms with E-state index in [4.69, 9.17) is 21.2 Å². The van der Waals surface area contributed by atoms with Crippen LogP contribution in [0.5, 0.6) is 5.75 Å². The van der Waals surface area contributed by atoms with E-state index in [1.807, 2.05) is 0 Å². The number of amides is 1. The molecule has 0 aliphatic heterocycles. The highest BCUT2D eigenvalue weighted by atomic mass is 35.5. The Hall–Kier alpha value is -1.26. The minimum absolute atomic E-state index is 0.262. The number of hydrogen-bond donors (Lipinski definition) is 0. The second kappa shape index (κ2) is 5.72. The first-order valence-electron chi connectivity index (χ1n) is 4.78. The molecule has 1 unspecified atom stereocenters. The molecule has 1 aromatic carbocycles. The third-order valence-corrected chi connectivity index (χ3v) is 2.28. The fraction of sp³-hybridized carbons (Fsp3) is 0.364. The molecular formula is C11H14ClNO3. The summed E-state index contributed by atoms with van der Waals surface area (Å²) in [4.78, 5) is 16.4. The number of carbonyl (C=O) groups is 1. The molecule has 1 aromatic rings. The Labute approximate surface area is 99.7 Å². The van der Waals surface area contributed by atoms with Crippen LogP contribution in [0.15, 0.2) is 24.3 Å². The Balaban J connectivity index is 2.64. The van der Waals surface area contributed by atoms with Gasteiger partial charge in [-0.05, 0) is 25.1 Å². The zero-order chi connectivity index (χ0) is 12.1. The van der Waals surface area contributed by atoms with Crippen LogP contribution in [-0.4, -0.2) is 31.2 Å². The summed E-state index contributed by atoms with van der Waals surface area (Å²) in [6.45, 7) is 1.65. The third-order valence-electron chi connectivity index (χ3n) is 2.04. The van der Waals surface area contributed by atoms with E-state index in [2.05, 4.69) is 0 Å². The number of ether oxygens (including phenoxy) is 1. The first-order valence-corrected chi connectivity index (χ1v) is 5.16. The van der Waals surface area contributed by atoms with E-state index in [1.54, 1.807) is 31.2 Å². The summed E-state index contributed by atoms with van der Waals surface area (Å²) in [5.41, 5.74) is 0. The van der Waals surface area contributed by atoms with Gasteiger partial charge in [-0.1, -0.05) is 17.7 Å². The summed E-state index contributed by atoms with van der Waals surface area (Å²) in [6.07, 6.45) is -0.622. The van der Waals surface area contributed by atoms with Gasteiger partial charge in [0.25, 0.3) is 5.91 Å². The van der Waals surface area contributed by atoms with Crippen molar-refractivity contribution in [2.24, 2.45) is 0 Å². The Morgan fingerprint density at radius 2 is 2.19 bits per heavy atom. The van der Waals surface area contributed by atoms with Crippen LogP contribution in [0.4, 0.5) is 0 Å². The normalized spacial score (nSPS) is 12.0. The highest BCUT2D eigenvalue weighted by molar-refractivity contribution is 6.30. The van der Waals surface area contributed by atoms with E-state index in [1.165, 1.54) is 14.2 Å². The molecule has 4 nitrogen and oxygen atoms in total. The van der Waals surface area contributed by atoms with Crippen LogP contribution in [0.1, 0.15) is 6.92 Å². The smallest absolute Gasteiger partial charge is 0.286 e. The molecule has 0 aliphatic carbocycles. The molecule has 5 heteroatoms. The van der Waals surface area contributed by atoms with Crippen LogP contribution in [-0.2, 0) is 9.63 Å². The fourth-order valence-corrected chi connectivity index (χ4v) is 1.32. The molecule has 0 heterocycles. The average Bonchev–Trinajstić information content (AvgIpc) is 2.27. The molecule has 0 fully saturated rings. The second-order valence-electron chi connectivity index (χ2n) is 3.24. The molecule has 0 radical (unpaired) electrons. The number of hydroxylamine groups is 2. The number of rotatable bonds is 4. The quantitative estimate of drug-likeness (QED) is 0.761. The van der Waals surface area contributed by atoms with Crippen molar-refractivity contribution >= 4 is 17.5 Å². The molecule has 88 valence electrons. The molecule has 0 bridgehead atoms. The lowest BCUT2D eigenvalue weighted by molar-refractivity contribution is -0.175. The van der Waals surface area contributed by atoms with Crippen LogP contribution in [0.2, 0.25) is 5.02 Å². The zero-order valence-corrected chi connectivity index (χ0v) is 10.2. The van der Waals surface area contributed by atoms with Crippen LogP contribution >= 0.6 is 11.6 Å². The third kappa shape index (κ3) is 3.40. The van der Waals surface area contributed by atoms with Crippen molar-refractivity contribution in [3.05, 3.63) is 29.3 Å². The van der Waals surface area contributed by atoms with Crippen molar-refractivity contribution in [2.75, 3.05) is 14.2 Å². The summed E-state index contributed by atoms with van der Waals surface area (Å²) in [7, 11) is 2.95. The van der Waals surface area contributed by atoms with Crippen LogP contribution in [0.25, 0.3) is 0 Å². The molecule has 0 spiro atoms. The topological polar surface area (TPSA) is 38.8 Å². The summed E-state index contributed by atoms with van der Waals surface area (Å²) < 4.78 is 5.42. The Morgan fingerprint density at radius 3 is 2.75 bits per heavy atom. The monoisotopic (exact) mass is 243 g/mol. The van der Waals surface area contributed by atoms with E-state index in [9.17, 15) is 4.79 Å². The van der Waals surface area contributed by atoms with Gasteiger partial charge in [0.15, 0.2) is 6.10 Å². The van der Waals surface area contributed by atoms with Crippen molar-refractivity contribution in [1.29, 1.82) is 0 Å². The molecular weight excluding hydrogens is 230 g/mol. The molecule has 0 aromatic heterocycles. The number of benzene rings is 1. The summed E-state index contributed by atoms with van der Waals surface area (Å²) in [6, 6.07) is 6.89. The van der Waals surface area contributed by atoms with Gasteiger partial charge in [-0.25, -0.2) is 5.06 Å². The van der Waals surface area contributed by atoms with Gasteiger partial charge in [0.2, 0.25) is 0 Å². The molecule has 16 heavy (non-hydrogen) atoms. The lowest BCUT2D eigenvalue weighted by Crippen LogP contribution is -2.37. The first kappa shape index (κ1) is 12.8. The lowest BCUT2D eigenvalue weighted by atomic mass is 10.3. The lowest BCUT2D eigenvalue weighted by Gasteiger charge is -2.19. The van der Waals surface area contributed by atoms with Crippen molar-refractivity contribution in [2.45, 2.75) is 13.0 Å². The number of likely N-dealkylation sites (N-methyl/N-ethyl adjacent to an activating group) is 1. The van der Waals surface area contributed by atoms with Gasteiger partial charge >= 0.3 is 0 Å². The average molecular weight is 244 g/mol. The SMILES string of the molecule is CON(C)C(=O)C(C)Oc1cccc(Cl)c1. The van der Waals surface area contributed by atoms with Crippen molar-refractivity contribution in [1.82, 2.24) is 5.06 Å². The maximum atomic E-state index is 11.6. The minimum atomic E-state index is -0.622. The fourth-order valence-electron chi connectivity index (χ4n) is 1.14. The molecule has 1 rings (SSSR count). The molecule has 0 aliphatic rings. The number of nitrogens with zero attached hydrogens (tertiary/aromatic N) is 1. The highest BCUT2D eigenvalue weighted by Crippen LogP contribution is 2.18. The van der Waals surface area contributed by atoms with Crippen LogP contribution in [0.3, 0.4) is 0 Å². The molecule has 0 saturated heterocycles. The summed E-state index contributed by atoms with van der Waals surface area (Å²) in [5, 5.41) is 1.69.